The highest BCUT2D eigenvalue weighted by atomic mass is 16.5. The van der Waals surface area contributed by atoms with Crippen LogP contribution in [-0.2, 0) is 17.8 Å². The number of aryl methyl sites for hydroxylation is 4. The van der Waals surface area contributed by atoms with Crippen LogP contribution in [0.5, 0.6) is 12.0 Å². The summed E-state index contributed by atoms with van der Waals surface area (Å²) in [6, 6.07) is 14.1. The van der Waals surface area contributed by atoms with E-state index in [0.29, 0.717) is 12.5 Å². The van der Waals surface area contributed by atoms with Crippen LogP contribution in [0.4, 0.5) is 5.95 Å². The van der Waals surface area contributed by atoms with Gasteiger partial charge in [0.15, 0.2) is 0 Å². The molecule has 1 aliphatic heterocycles. The lowest BCUT2D eigenvalue weighted by atomic mass is 10.1. The molecule has 0 saturated carbocycles. The summed E-state index contributed by atoms with van der Waals surface area (Å²) in [6.45, 7) is 15.9. The molecule has 0 bridgehead atoms. The molecule has 2 heterocycles. The van der Waals surface area contributed by atoms with E-state index in [1.807, 2.05) is 0 Å². The average molecular weight is 521 g/mol. The lowest BCUT2D eigenvalue weighted by Crippen LogP contribution is -2.55. The summed E-state index contributed by atoms with van der Waals surface area (Å²) in [5, 5.41) is 0. The van der Waals surface area contributed by atoms with Gasteiger partial charge in [-0.1, -0.05) is 58.7 Å². The van der Waals surface area contributed by atoms with Crippen LogP contribution in [0.15, 0.2) is 36.4 Å². The molecule has 1 aromatic heterocycles. The van der Waals surface area contributed by atoms with Gasteiger partial charge in [-0.15, -0.1) is 4.98 Å². The molecule has 4 rings (SSSR count). The molecule has 38 heavy (non-hydrogen) atoms. The molecule has 0 spiro atoms. The molecular formula is C30H42N5O3+. The predicted octanol–water partition coefficient (Wildman–Crippen LogP) is 4.57. The topological polar surface area (TPSA) is 69.6 Å². The van der Waals surface area contributed by atoms with Crippen LogP contribution in [0.1, 0.15) is 39.8 Å². The van der Waals surface area contributed by atoms with E-state index in [1.165, 1.54) is 33.4 Å². The Labute approximate surface area is 227 Å². The van der Waals surface area contributed by atoms with Crippen molar-refractivity contribution in [3.63, 3.8) is 0 Å². The fraction of sp³-hybridized carbons (Fsp3) is 0.500. The van der Waals surface area contributed by atoms with Gasteiger partial charge in [-0.3, -0.25) is 0 Å². The van der Waals surface area contributed by atoms with E-state index >= 15 is 0 Å². The summed E-state index contributed by atoms with van der Waals surface area (Å²) in [4.78, 5) is 15.6. The van der Waals surface area contributed by atoms with Crippen LogP contribution in [0.25, 0.3) is 0 Å². The minimum Gasteiger partial charge on any atom is -0.467 e. The third-order valence-corrected chi connectivity index (χ3v) is 7.17. The van der Waals surface area contributed by atoms with Gasteiger partial charge in [0.2, 0.25) is 5.95 Å². The summed E-state index contributed by atoms with van der Waals surface area (Å²) in [5.74, 6) is 0.565. The van der Waals surface area contributed by atoms with E-state index in [0.717, 1.165) is 56.8 Å². The van der Waals surface area contributed by atoms with Crippen LogP contribution in [0.2, 0.25) is 0 Å². The zero-order valence-corrected chi connectivity index (χ0v) is 23.8. The highest BCUT2D eigenvalue weighted by Crippen LogP contribution is 2.23. The van der Waals surface area contributed by atoms with Crippen molar-refractivity contribution in [3.05, 3.63) is 69.8 Å². The monoisotopic (exact) mass is 520 g/mol. The van der Waals surface area contributed by atoms with E-state index in [9.17, 15) is 0 Å². The van der Waals surface area contributed by atoms with Crippen molar-refractivity contribution in [2.45, 2.75) is 47.2 Å². The van der Waals surface area contributed by atoms with Crippen molar-refractivity contribution in [1.29, 1.82) is 0 Å². The number of ether oxygens (including phenoxy) is 3. The molecular weight excluding hydrogens is 478 g/mol. The Morgan fingerprint density at radius 3 is 1.82 bits per heavy atom. The molecule has 0 amide bonds. The number of aromatic nitrogens is 3. The van der Waals surface area contributed by atoms with Crippen LogP contribution >= 0.6 is 0 Å². The van der Waals surface area contributed by atoms with Crippen molar-refractivity contribution in [3.8, 4) is 12.0 Å². The van der Waals surface area contributed by atoms with E-state index in [2.05, 4.69) is 83.9 Å². The highest BCUT2D eigenvalue weighted by Gasteiger charge is 2.31. The SMILES string of the molecule is COc1nc(OC)nc(N(CCC[N+]2(Cc3cc(C)cc(C)c3)CCOCC2)Cc2cc(C)cc(C)c2)n1. The molecule has 1 fully saturated rings. The first-order valence-electron chi connectivity index (χ1n) is 13.4. The van der Waals surface area contributed by atoms with Crippen molar-refractivity contribution < 1.29 is 18.7 Å². The van der Waals surface area contributed by atoms with Crippen LogP contribution in [-0.4, -0.2) is 73.0 Å². The maximum absolute atomic E-state index is 5.78. The second-order valence-electron chi connectivity index (χ2n) is 10.7. The Bertz CT molecular complexity index is 1160. The molecule has 2 aromatic carbocycles. The zero-order chi connectivity index (χ0) is 27.1. The molecule has 0 atom stereocenters. The molecule has 3 aromatic rings. The number of hydrogen-bond donors (Lipinski definition) is 0. The number of hydrogen-bond acceptors (Lipinski definition) is 7. The van der Waals surface area contributed by atoms with Crippen molar-refractivity contribution in [2.75, 3.05) is 58.5 Å². The summed E-state index contributed by atoms with van der Waals surface area (Å²) in [6.07, 6.45) is 0.992. The molecule has 8 nitrogen and oxygen atoms in total. The average Bonchev–Trinajstić information content (AvgIpc) is 2.87. The Hall–Kier alpha value is -3.23. The molecule has 0 N–H and O–H groups in total. The molecule has 0 unspecified atom stereocenters. The summed E-state index contributed by atoms with van der Waals surface area (Å²) < 4.78 is 17.5. The zero-order valence-electron chi connectivity index (χ0n) is 23.8. The van der Waals surface area contributed by atoms with Crippen LogP contribution in [0.3, 0.4) is 0 Å². The van der Waals surface area contributed by atoms with Crippen molar-refractivity contribution in [1.82, 2.24) is 15.0 Å². The molecule has 204 valence electrons. The van der Waals surface area contributed by atoms with Gasteiger partial charge in [0.1, 0.15) is 19.6 Å². The summed E-state index contributed by atoms with van der Waals surface area (Å²) in [7, 11) is 3.12. The summed E-state index contributed by atoms with van der Waals surface area (Å²) in [5.41, 5.74) is 7.77. The lowest BCUT2D eigenvalue weighted by Gasteiger charge is -2.42. The number of nitrogens with zero attached hydrogens (tertiary/aromatic N) is 5. The van der Waals surface area contributed by atoms with E-state index in [1.54, 1.807) is 14.2 Å². The van der Waals surface area contributed by atoms with Crippen molar-refractivity contribution in [2.24, 2.45) is 0 Å². The second kappa shape index (κ2) is 12.5. The van der Waals surface area contributed by atoms with Gasteiger partial charge < -0.3 is 23.6 Å². The first kappa shape index (κ1) is 27.8. The molecule has 8 heteroatoms. The lowest BCUT2D eigenvalue weighted by molar-refractivity contribution is -0.947. The first-order valence-corrected chi connectivity index (χ1v) is 13.4. The van der Waals surface area contributed by atoms with Gasteiger partial charge in [0.05, 0.1) is 34.0 Å². The maximum Gasteiger partial charge on any atom is 0.324 e. The smallest absolute Gasteiger partial charge is 0.324 e. The van der Waals surface area contributed by atoms with Gasteiger partial charge in [-0.05, 0) is 33.3 Å². The normalized spacial score (nSPS) is 14.8. The van der Waals surface area contributed by atoms with Crippen LogP contribution in [0, 0.1) is 27.7 Å². The maximum atomic E-state index is 5.78. The fourth-order valence-electron chi connectivity index (χ4n) is 5.62. The molecule has 0 aliphatic carbocycles. The quantitative estimate of drug-likeness (QED) is 0.343. The van der Waals surface area contributed by atoms with E-state index < -0.39 is 0 Å². The minimum absolute atomic E-state index is 0.253. The predicted molar refractivity (Wildman–Crippen MR) is 150 cm³/mol. The standard InChI is InChI=1S/C30H42N5O3/c1-22-14-23(2)17-26(16-22)20-34(28-31-29(36-5)33-30(32-28)37-6)8-7-9-35(10-12-38-13-11-35)21-27-18-24(3)15-25(4)19-27/h14-19H,7-13,20-21H2,1-6H3/q+1. The van der Waals surface area contributed by atoms with Crippen LogP contribution < -0.4 is 14.4 Å². The van der Waals surface area contributed by atoms with Gasteiger partial charge in [0, 0.05) is 25.1 Å². The Kier molecular flexibility index (Phi) is 9.17. The highest BCUT2D eigenvalue weighted by molar-refractivity contribution is 5.37. The Morgan fingerprint density at radius 2 is 1.29 bits per heavy atom. The molecule has 0 radical (unpaired) electrons. The Balaban J connectivity index is 1.56. The number of morpholine rings is 1. The number of anilines is 1. The van der Waals surface area contributed by atoms with Gasteiger partial charge >= 0.3 is 12.0 Å². The number of methoxy groups -OCH3 is 2. The summed E-state index contributed by atoms with van der Waals surface area (Å²) >= 11 is 0. The molecule has 1 saturated heterocycles. The molecule has 1 aliphatic rings. The van der Waals surface area contributed by atoms with Gasteiger partial charge in [-0.2, -0.15) is 9.97 Å². The minimum atomic E-state index is 0.253. The largest absolute Gasteiger partial charge is 0.467 e. The third-order valence-electron chi connectivity index (χ3n) is 7.17. The van der Waals surface area contributed by atoms with E-state index in [-0.39, 0.29) is 12.0 Å². The second-order valence-corrected chi connectivity index (χ2v) is 10.7. The third kappa shape index (κ3) is 7.42. The Morgan fingerprint density at radius 1 is 0.763 bits per heavy atom. The van der Waals surface area contributed by atoms with E-state index in [4.69, 9.17) is 14.2 Å². The van der Waals surface area contributed by atoms with Gasteiger partial charge in [0.25, 0.3) is 0 Å². The first-order chi connectivity index (χ1) is 18.3. The number of rotatable bonds is 11. The number of quaternary nitrogens is 1. The van der Waals surface area contributed by atoms with Crippen molar-refractivity contribution >= 4 is 5.95 Å². The van der Waals surface area contributed by atoms with Gasteiger partial charge in [-0.25, -0.2) is 0 Å². The number of benzene rings is 2. The fourth-order valence-corrected chi connectivity index (χ4v) is 5.62.